The van der Waals surface area contributed by atoms with Crippen LogP contribution in [0.1, 0.15) is 31.2 Å². The molecule has 0 amide bonds. The zero-order valence-corrected chi connectivity index (χ0v) is 10.2. The topological polar surface area (TPSA) is 30.9 Å². The van der Waals surface area contributed by atoms with Crippen LogP contribution in [0.5, 0.6) is 0 Å². The van der Waals surface area contributed by atoms with Gasteiger partial charge in [0.2, 0.25) is 0 Å². The molecule has 0 aliphatic heterocycles. The maximum atomic E-state index is 6.51. The van der Waals surface area contributed by atoms with Crippen LogP contribution in [-0.2, 0) is 12.5 Å². The summed E-state index contributed by atoms with van der Waals surface area (Å²) in [6.45, 7) is 0. The van der Waals surface area contributed by atoms with E-state index in [0.29, 0.717) is 5.41 Å². The molecule has 17 heavy (non-hydrogen) atoms. The lowest BCUT2D eigenvalue weighted by atomic mass is 9.86. The third-order valence-corrected chi connectivity index (χ3v) is 4.90. The highest BCUT2D eigenvalue weighted by molar-refractivity contribution is 5.86. The van der Waals surface area contributed by atoms with Crippen molar-refractivity contribution in [3.05, 3.63) is 36.0 Å². The van der Waals surface area contributed by atoms with E-state index in [9.17, 15) is 0 Å². The number of rotatable bonds is 2. The van der Waals surface area contributed by atoms with E-state index < -0.39 is 0 Å². The minimum absolute atomic E-state index is 0.108. The molecule has 0 unspecified atom stereocenters. The number of aryl methyl sites for hydroxylation is 1. The second-order valence-electron chi connectivity index (χ2n) is 5.91. The molecule has 4 rings (SSSR count). The molecule has 2 heteroatoms. The first-order chi connectivity index (χ1) is 8.16. The van der Waals surface area contributed by atoms with E-state index in [4.69, 9.17) is 5.73 Å². The molecule has 2 aliphatic carbocycles. The zero-order valence-electron chi connectivity index (χ0n) is 10.2. The Bertz CT molecular complexity index is 600. The van der Waals surface area contributed by atoms with Gasteiger partial charge in [0.05, 0.1) is 0 Å². The number of hydrogen-bond acceptors (Lipinski definition) is 1. The van der Waals surface area contributed by atoms with Crippen LogP contribution in [0.3, 0.4) is 0 Å². The molecule has 88 valence electrons. The van der Waals surface area contributed by atoms with E-state index in [2.05, 4.69) is 42.1 Å². The molecule has 2 aliphatic rings. The van der Waals surface area contributed by atoms with Gasteiger partial charge in [-0.15, -0.1) is 0 Å². The van der Waals surface area contributed by atoms with E-state index in [0.717, 1.165) is 0 Å². The molecule has 0 saturated heterocycles. The summed E-state index contributed by atoms with van der Waals surface area (Å²) in [5, 5.41) is 1.41. The van der Waals surface area contributed by atoms with E-state index in [1.165, 1.54) is 42.1 Å². The number of hydrogen-bond donors (Lipinski definition) is 1. The van der Waals surface area contributed by atoms with Gasteiger partial charge in [0.25, 0.3) is 0 Å². The van der Waals surface area contributed by atoms with Crippen molar-refractivity contribution in [3.63, 3.8) is 0 Å². The second kappa shape index (κ2) is 2.75. The number of aromatic nitrogens is 1. The summed E-state index contributed by atoms with van der Waals surface area (Å²) < 4.78 is 2.25. The van der Waals surface area contributed by atoms with E-state index >= 15 is 0 Å². The van der Waals surface area contributed by atoms with Gasteiger partial charge in [0, 0.05) is 35.1 Å². The number of nitrogens with two attached hydrogens (primary N) is 1. The van der Waals surface area contributed by atoms with Gasteiger partial charge in [-0.3, -0.25) is 0 Å². The van der Waals surface area contributed by atoms with Crippen molar-refractivity contribution in [3.8, 4) is 0 Å². The Morgan fingerprint density at radius 2 is 1.82 bits per heavy atom. The van der Waals surface area contributed by atoms with Gasteiger partial charge in [-0.1, -0.05) is 18.2 Å². The summed E-state index contributed by atoms with van der Waals surface area (Å²) in [4.78, 5) is 0. The standard InChI is InChI=1S/C15H18N2/c1-17-10-12(11-4-2-3-5-13(11)17)14(6-7-14)15(16)8-9-15/h2-5,10H,6-9,16H2,1H3. The summed E-state index contributed by atoms with van der Waals surface area (Å²) in [6.07, 6.45) is 7.27. The van der Waals surface area contributed by atoms with E-state index in [1.807, 2.05) is 0 Å². The van der Waals surface area contributed by atoms with Crippen molar-refractivity contribution in [1.29, 1.82) is 0 Å². The van der Waals surface area contributed by atoms with Crippen molar-refractivity contribution >= 4 is 10.9 Å². The molecule has 2 nitrogen and oxygen atoms in total. The first-order valence-corrected chi connectivity index (χ1v) is 6.50. The van der Waals surface area contributed by atoms with Crippen molar-refractivity contribution in [1.82, 2.24) is 4.57 Å². The largest absolute Gasteiger partial charge is 0.350 e. The lowest BCUT2D eigenvalue weighted by Gasteiger charge is -2.22. The highest BCUT2D eigenvalue weighted by Gasteiger charge is 2.64. The quantitative estimate of drug-likeness (QED) is 0.838. The lowest BCUT2D eigenvalue weighted by molar-refractivity contribution is 0.505. The van der Waals surface area contributed by atoms with Gasteiger partial charge in [-0.25, -0.2) is 0 Å². The molecule has 0 bridgehead atoms. The Hall–Kier alpha value is -1.28. The summed E-state index contributed by atoms with van der Waals surface area (Å²) in [5.74, 6) is 0. The number of para-hydroxylation sites is 1. The smallest absolute Gasteiger partial charge is 0.0480 e. The Balaban J connectivity index is 1.98. The molecule has 2 N–H and O–H groups in total. The minimum atomic E-state index is 0.108. The van der Waals surface area contributed by atoms with Crippen LogP contribution < -0.4 is 5.73 Å². The molecule has 2 aromatic rings. The predicted octanol–water partition coefficient (Wildman–Crippen LogP) is 2.70. The van der Waals surface area contributed by atoms with Crippen LogP contribution in [0.25, 0.3) is 10.9 Å². The van der Waals surface area contributed by atoms with Crippen LogP contribution in [0, 0.1) is 0 Å². The van der Waals surface area contributed by atoms with Crippen LogP contribution in [0.4, 0.5) is 0 Å². The SMILES string of the molecule is Cn1cc(C2(C3(N)CC3)CC2)c2ccccc21. The first kappa shape index (κ1) is 9.72. The molecular weight excluding hydrogens is 208 g/mol. The first-order valence-electron chi connectivity index (χ1n) is 6.50. The second-order valence-corrected chi connectivity index (χ2v) is 5.91. The monoisotopic (exact) mass is 226 g/mol. The average molecular weight is 226 g/mol. The Morgan fingerprint density at radius 3 is 2.47 bits per heavy atom. The predicted molar refractivity (Wildman–Crippen MR) is 70.0 cm³/mol. The van der Waals surface area contributed by atoms with Gasteiger partial charge in [-0.05, 0) is 37.3 Å². The normalized spacial score (nSPS) is 23.9. The molecule has 1 aromatic heterocycles. The van der Waals surface area contributed by atoms with E-state index in [-0.39, 0.29) is 5.54 Å². The van der Waals surface area contributed by atoms with Crippen LogP contribution in [0.15, 0.2) is 30.5 Å². The molecule has 0 radical (unpaired) electrons. The summed E-state index contributed by atoms with van der Waals surface area (Å²) in [6, 6.07) is 8.69. The van der Waals surface area contributed by atoms with E-state index in [1.54, 1.807) is 0 Å². The molecule has 1 heterocycles. The number of nitrogens with zero attached hydrogens (tertiary/aromatic N) is 1. The van der Waals surface area contributed by atoms with Crippen LogP contribution in [0.2, 0.25) is 0 Å². The zero-order chi connectivity index (χ0) is 11.7. The Morgan fingerprint density at radius 1 is 1.12 bits per heavy atom. The van der Waals surface area contributed by atoms with Gasteiger partial charge in [0.15, 0.2) is 0 Å². The molecular formula is C15H18N2. The highest BCUT2D eigenvalue weighted by atomic mass is 15.0. The fraction of sp³-hybridized carbons (Fsp3) is 0.467. The van der Waals surface area contributed by atoms with Crippen molar-refractivity contribution in [2.75, 3.05) is 0 Å². The van der Waals surface area contributed by atoms with Gasteiger partial charge >= 0.3 is 0 Å². The third kappa shape index (κ3) is 1.09. The van der Waals surface area contributed by atoms with Crippen molar-refractivity contribution in [2.24, 2.45) is 12.8 Å². The lowest BCUT2D eigenvalue weighted by Crippen LogP contribution is -2.37. The molecule has 0 spiro atoms. The van der Waals surface area contributed by atoms with Gasteiger partial charge in [0.1, 0.15) is 0 Å². The summed E-state index contributed by atoms with van der Waals surface area (Å²) >= 11 is 0. The molecule has 0 atom stereocenters. The fourth-order valence-corrected chi connectivity index (χ4v) is 3.50. The maximum absolute atomic E-state index is 6.51. The number of benzene rings is 1. The summed E-state index contributed by atoms with van der Waals surface area (Å²) in [7, 11) is 2.14. The molecule has 1 aromatic carbocycles. The average Bonchev–Trinajstić information content (AvgIpc) is 3.23. The maximum Gasteiger partial charge on any atom is 0.0480 e. The van der Waals surface area contributed by atoms with Crippen LogP contribution in [-0.4, -0.2) is 10.1 Å². The summed E-state index contributed by atoms with van der Waals surface area (Å²) in [5.41, 5.74) is 9.75. The minimum Gasteiger partial charge on any atom is -0.350 e. The van der Waals surface area contributed by atoms with Crippen LogP contribution >= 0.6 is 0 Å². The van der Waals surface area contributed by atoms with Gasteiger partial charge < -0.3 is 10.3 Å². The third-order valence-electron chi connectivity index (χ3n) is 4.90. The van der Waals surface area contributed by atoms with Crippen molar-refractivity contribution < 1.29 is 0 Å². The molecule has 2 fully saturated rings. The number of fused-ring (bicyclic) bond motifs is 1. The Kier molecular flexibility index (Phi) is 1.57. The van der Waals surface area contributed by atoms with Gasteiger partial charge in [-0.2, -0.15) is 0 Å². The molecule has 2 saturated carbocycles. The van der Waals surface area contributed by atoms with Crippen molar-refractivity contribution in [2.45, 2.75) is 36.6 Å². The highest BCUT2D eigenvalue weighted by Crippen LogP contribution is 2.64. The fourth-order valence-electron chi connectivity index (χ4n) is 3.50. The Labute approximate surface area is 101 Å².